The minimum atomic E-state index is -0.489. The van der Waals surface area contributed by atoms with Gasteiger partial charge < -0.3 is 15.1 Å². The molecule has 0 atom stereocenters. The van der Waals surface area contributed by atoms with Crippen LogP contribution in [-0.4, -0.2) is 54.4 Å². The number of nitro benzene ring substituents is 1. The summed E-state index contributed by atoms with van der Waals surface area (Å²) in [6.07, 6.45) is 0.502. The van der Waals surface area contributed by atoms with Crippen molar-refractivity contribution in [2.45, 2.75) is 13.3 Å². The van der Waals surface area contributed by atoms with E-state index in [9.17, 15) is 19.7 Å². The van der Waals surface area contributed by atoms with E-state index in [0.29, 0.717) is 54.9 Å². The van der Waals surface area contributed by atoms with Crippen LogP contribution in [0.5, 0.6) is 0 Å². The lowest BCUT2D eigenvalue weighted by atomic mass is 10.1. The molecule has 0 radical (unpaired) electrons. The maximum absolute atomic E-state index is 12.5. The molecular weight excluding hydrogens is 443 g/mol. The number of amides is 2. The Kier molecular flexibility index (Phi) is 7.35. The molecule has 31 heavy (non-hydrogen) atoms. The molecule has 1 fully saturated rings. The first-order valence-corrected chi connectivity index (χ1v) is 10.5. The Bertz CT molecular complexity index is 1010. The second kappa shape index (κ2) is 9.98. The molecule has 2 amide bonds. The number of benzene rings is 2. The molecule has 0 saturated carbocycles. The number of halogens is 2. The largest absolute Gasteiger partial charge is 0.362 e. The second-order valence-corrected chi connectivity index (χ2v) is 8.04. The van der Waals surface area contributed by atoms with Crippen LogP contribution in [-0.2, 0) is 11.2 Å². The normalized spacial score (nSPS) is 13.8. The third-order valence-corrected chi connectivity index (χ3v) is 5.78. The average Bonchev–Trinajstić information content (AvgIpc) is 2.74. The summed E-state index contributed by atoms with van der Waals surface area (Å²) in [5.74, 6) is -0.415. The van der Waals surface area contributed by atoms with E-state index < -0.39 is 10.8 Å². The molecule has 164 valence electrons. The van der Waals surface area contributed by atoms with Crippen LogP contribution in [0.1, 0.15) is 22.8 Å². The third-order valence-electron chi connectivity index (χ3n) is 5.19. The van der Waals surface area contributed by atoms with E-state index in [2.05, 4.69) is 5.32 Å². The molecule has 0 aliphatic carbocycles. The number of carbonyl (C=O) groups excluding carboxylic acids is 2. The van der Waals surface area contributed by atoms with Crippen molar-refractivity contribution in [3.8, 4) is 0 Å². The fourth-order valence-corrected chi connectivity index (χ4v) is 3.98. The summed E-state index contributed by atoms with van der Waals surface area (Å²) >= 11 is 12.0. The minimum absolute atomic E-state index is 0.0129. The maximum atomic E-state index is 12.5. The summed E-state index contributed by atoms with van der Waals surface area (Å²) in [5, 5.41) is 15.4. The zero-order valence-electron chi connectivity index (χ0n) is 16.9. The van der Waals surface area contributed by atoms with E-state index in [1.54, 1.807) is 35.2 Å². The molecule has 3 rings (SSSR count). The van der Waals surface area contributed by atoms with E-state index in [0.717, 1.165) is 5.56 Å². The van der Waals surface area contributed by atoms with E-state index >= 15 is 0 Å². The molecular formula is C21H22Cl2N4O4. The third kappa shape index (κ3) is 5.65. The van der Waals surface area contributed by atoms with Crippen LogP contribution in [0.2, 0.25) is 10.0 Å². The van der Waals surface area contributed by atoms with Gasteiger partial charge in [0.15, 0.2) is 0 Å². The van der Waals surface area contributed by atoms with Gasteiger partial charge in [-0.05, 0) is 36.2 Å². The SMILES string of the molecule is CC(=O)N1CCN(c2ccc(C(=O)NCCc3ccc(Cl)cc3Cl)cc2[N+](=O)[O-])CC1. The van der Waals surface area contributed by atoms with Gasteiger partial charge in [-0.15, -0.1) is 0 Å². The van der Waals surface area contributed by atoms with Gasteiger partial charge in [0.25, 0.3) is 11.6 Å². The number of carbonyl (C=O) groups is 2. The van der Waals surface area contributed by atoms with Crippen molar-refractivity contribution < 1.29 is 14.5 Å². The Balaban J connectivity index is 1.66. The highest BCUT2D eigenvalue weighted by Crippen LogP contribution is 2.30. The van der Waals surface area contributed by atoms with Gasteiger partial charge in [-0.25, -0.2) is 0 Å². The number of piperazine rings is 1. The second-order valence-electron chi connectivity index (χ2n) is 7.20. The molecule has 0 unspecified atom stereocenters. The Labute approximate surface area is 189 Å². The van der Waals surface area contributed by atoms with Crippen LogP contribution in [0, 0.1) is 10.1 Å². The molecule has 8 nitrogen and oxygen atoms in total. The Morgan fingerprint density at radius 3 is 2.42 bits per heavy atom. The number of anilines is 1. The highest BCUT2D eigenvalue weighted by Gasteiger charge is 2.25. The number of hydrogen-bond donors (Lipinski definition) is 1. The van der Waals surface area contributed by atoms with Crippen molar-refractivity contribution >= 4 is 46.4 Å². The highest BCUT2D eigenvalue weighted by atomic mass is 35.5. The number of nitrogens with zero attached hydrogens (tertiary/aromatic N) is 3. The van der Waals surface area contributed by atoms with Crippen LogP contribution in [0.3, 0.4) is 0 Å². The van der Waals surface area contributed by atoms with Crippen LogP contribution in [0.15, 0.2) is 36.4 Å². The number of rotatable bonds is 6. The molecule has 1 aliphatic rings. The maximum Gasteiger partial charge on any atom is 0.293 e. The van der Waals surface area contributed by atoms with Gasteiger partial charge in [0.05, 0.1) is 4.92 Å². The van der Waals surface area contributed by atoms with Gasteiger partial charge in [0.1, 0.15) is 5.69 Å². The van der Waals surface area contributed by atoms with Gasteiger partial charge in [-0.2, -0.15) is 0 Å². The Morgan fingerprint density at radius 1 is 1.10 bits per heavy atom. The fourth-order valence-electron chi connectivity index (χ4n) is 3.48. The van der Waals surface area contributed by atoms with E-state index in [1.165, 1.54) is 13.0 Å². The zero-order valence-corrected chi connectivity index (χ0v) is 18.4. The molecule has 10 heteroatoms. The topological polar surface area (TPSA) is 95.8 Å². The summed E-state index contributed by atoms with van der Waals surface area (Å²) in [6, 6.07) is 9.61. The lowest BCUT2D eigenvalue weighted by Gasteiger charge is -2.35. The predicted octanol–water partition coefficient (Wildman–Crippen LogP) is 3.54. The van der Waals surface area contributed by atoms with Crippen LogP contribution >= 0.6 is 23.2 Å². The summed E-state index contributed by atoms with van der Waals surface area (Å²) in [5.41, 5.74) is 1.36. The molecule has 2 aromatic carbocycles. The quantitative estimate of drug-likeness (QED) is 0.520. The van der Waals surface area contributed by atoms with Crippen molar-refractivity contribution in [1.82, 2.24) is 10.2 Å². The zero-order chi connectivity index (χ0) is 22.5. The van der Waals surface area contributed by atoms with E-state index in [4.69, 9.17) is 23.2 Å². The lowest BCUT2D eigenvalue weighted by Crippen LogP contribution is -2.48. The monoisotopic (exact) mass is 464 g/mol. The first-order chi connectivity index (χ1) is 14.8. The summed E-state index contributed by atoms with van der Waals surface area (Å²) in [6.45, 7) is 3.82. The smallest absolute Gasteiger partial charge is 0.293 e. The lowest BCUT2D eigenvalue weighted by molar-refractivity contribution is -0.384. The van der Waals surface area contributed by atoms with Crippen LogP contribution < -0.4 is 10.2 Å². The van der Waals surface area contributed by atoms with E-state index in [1.807, 2.05) is 4.90 Å². The van der Waals surface area contributed by atoms with Gasteiger partial charge in [-0.1, -0.05) is 29.3 Å². The van der Waals surface area contributed by atoms with E-state index in [-0.39, 0.29) is 17.2 Å². The molecule has 1 aliphatic heterocycles. The summed E-state index contributed by atoms with van der Waals surface area (Å²) in [7, 11) is 0. The Morgan fingerprint density at radius 2 is 1.81 bits per heavy atom. The van der Waals surface area contributed by atoms with Gasteiger partial charge in [0, 0.05) is 61.3 Å². The molecule has 1 N–H and O–H groups in total. The van der Waals surface area contributed by atoms with Crippen molar-refractivity contribution in [2.75, 3.05) is 37.6 Å². The van der Waals surface area contributed by atoms with Crippen molar-refractivity contribution in [3.05, 3.63) is 67.7 Å². The van der Waals surface area contributed by atoms with Gasteiger partial charge in [0.2, 0.25) is 5.91 Å². The molecule has 0 spiro atoms. The predicted molar refractivity (Wildman–Crippen MR) is 120 cm³/mol. The first-order valence-electron chi connectivity index (χ1n) is 9.77. The van der Waals surface area contributed by atoms with Crippen LogP contribution in [0.25, 0.3) is 0 Å². The van der Waals surface area contributed by atoms with Crippen LogP contribution in [0.4, 0.5) is 11.4 Å². The fraction of sp³-hybridized carbons (Fsp3) is 0.333. The number of hydrogen-bond acceptors (Lipinski definition) is 5. The van der Waals surface area contributed by atoms with Crippen molar-refractivity contribution in [3.63, 3.8) is 0 Å². The molecule has 2 aromatic rings. The highest BCUT2D eigenvalue weighted by molar-refractivity contribution is 6.35. The first kappa shape index (κ1) is 22.8. The average molecular weight is 465 g/mol. The summed E-state index contributed by atoms with van der Waals surface area (Å²) in [4.78, 5) is 38.7. The summed E-state index contributed by atoms with van der Waals surface area (Å²) < 4.78 is 0. The van der Waals surface area contributed by atoms with Crippen molar-refractivity contribution in [2.24, 2.45) is 0 Å². The number of nitro groups is 1. The van der Waals surface area contributed by atoms with Gasteiger partial charge in [-0.3, -0.25) is 19.7 Å². The minimum Gasteiger partial charge on any atom is -0.362 e. The van der Waals surface area contributed by atoms with Gasteiger partial charge >= 0.3 is 0 Å². The Hall–Kier alpha value is -2.84. The molecule has 1 heterocycles. The molecule has 0 bridgehead atoms. The standard InChI is InChI=1S/C21H22Cl2N4O4/c1-14(28)25-8-10-26(11-9-25)19-5-3-16(12-20(19)27(30)31)21(29)24-7-6-15-2-4-17(22)13-18(15)23/h2-5,12-13H,6-11H2,1H3,(H,24,29). The molecule has 1 saturated heterocycles. The van der Waals surface area contributed by atoms with Crippen molar-refractivity contribution in [1.29, 1.82) is 0 Å². The molecule has 0 aromatic heterocycles. The number of nitrogens with one attached hydrogen (secondary N) is 1.